The Kier molecular flexibility index (Phi) is 4.22. The Bertz CT molecular complexity index is 170. The minimum absolute atomic E-state index is 0.00718. The van der Waals surface area contributed by atoms with E-state index in [1.165, 1.54) is 20.0 Å². The highest BCUT2D eigenvalue weighted by molar-refractivity contribution is 5.73. The predicted molar refractivity (Wildman–Crippen MR) is 51.2 cm³/mol. The van der Waals surface area contributed by atoms with Crippen LogP contribution in [0, 0.1) is 5.92 Å². The molecule has 0 aromatic rings. The van der Waals surface area contributed by atoms with Gasteiger partial charge in [-0.05, 0) is 12.8 Å². The Morgan fingerprint density at radius 2 is 1.85 bits per heavy atom. The predicted octanol–water partition coefficient (Wildman–Crippen LogP) is 1.46. The Morgan fingerprint density at radius 3 is 2.46 bits per heavy atom. The Hall–Kier alpha value is -0.570. The molecule has 13 heavy (non-hydrogen) atoms. The van der Waals surface area contributed by atoms with Crippen LogP contribution in [0.4, 0.5) is 0 Å². The first kappa shape index (κ1) is 10.5. The number of hydrogen-bond acceptors (Lipinski definition) is 3. The van der Waals surface area contributed by atoms with Gasteiger partial charge in [0.2, 0.25) is 0 Å². The average molecular weight is 185 g/mol. The lowest BCUT2D eigenvalue weighted by Crippen LogP contribution is -2.36. The number of carbonyl (C=O) groups excluding carboxylic acids is 1. The van der Waals surface area contributed by atoms with Gasteiger partial charge in [-0.1, -0.05) is 25.7 Å². The smallest absolute Gasteiger partial charge is 0.310 e. The van der Waals surface area contributed by atoms with Crippen LogP contribution in [0.5, 0.6) is 0 Å². The number of ether oxygens (including phenoxy) is 1. The molecule has 0 unspecified atom stereocenters. The quantitative estimate of drug-likeness (QED) is 0.629. The van der Waals surface area contributed by atoms with Gasteiger partial charge in [-0.25, -0.2) is 0 Å². The molecule has 1 rings (SSSR count). The summed E-state index contributed by atoms with van der Waals surface area (Å²) < 4.78 is 4.74. The van der Waals surface area contributed by atoms with Crippen molar-refractivity contribution in [3.05, 3.63) is 0 Å². The molecule has 1 aliphatic rings. The zero-order valence-electron chi connectivity index (χ0n) is 8.29. The van der Waals surface area contributed by atoms with E-state index < -0.39 is 0 Å². The Morgan fingerprint density at radius 1 is 1.23 bits per heavy atom. The Balaban J connectivity index is 2.50. The SMILES string of the molecule is COC(=O)[C@H]1CCCCCC[C@H]1N. The van der Waals surface area contributed by atoms with Gasteiger partial charge in [0.05, 0.1) is 13.0 Å². The minimum Gasteiger partial charge on any atom is -0.469 e. The number of nitrogens with two attached hydrogens (primary N) is 1. The summed E-state index contributed by atoms with van der Waals surface area (Å²) in [5.74, 6) is -0.195. The lowest BCUT2D eigenvalue weighted by molar-refractivity contribution is -0.146. The molecule has 2 atom stereocenters. The van der Waals surface area contributed by atoms with Gasteiger partial charge < -0.3 is 10.5 Å². The molecule has 76 valence electrons. The molecule has 0 aromatic heterocycles. The van der Waals surface area contributed by atoms with Crippen molar-refractivity contribution >= 4 is 5.97 Å². The second kappa shape index (κ2) is 5.22. The van der Waals surface area contributed by atoms with Crippen LogP contribution in [0.15, 0.2) is 0 Å². The lowest BCUT2D eigenvalue weighted by Gasteiger charge is -2.23. The highest BCUT2D eigenvalue weighted by Gasteiger charge is 2.26. The monoisotopic (exact) mass is 185 g/mol. The van der Waals surface area contributed by atoms with Crippen LogP contribution in [-0.4, -0.2) is 19.1 Å². The van der Waals surface area contributed by atoms with Crippen LogP contribution in [0.1, 0.15) is 38.5 Å². The first-order valence-corrected chi connectivity index (χ1v) is 5.09. The second-order valence-corrected chi connectivity index (χ2v) is 3.79. The van der Waals surface area contributed by atoms with Crippen molar-refractivity contribution in [2.45, 2.75) is 44.6 Å². The van der Waals surface area contributed by atoms with Crippen molar-refractivity contribution in [2.24, 2.45) is 11.7 Å². The van der Waals surface area contributed by atoms with E-state index in [0.29, 0.717) is 0 Å². The van der Waals surface area contributed by atoms with Gasteiger partial charge in [0, 0.05) is 6.04 Å². The van der Waals surface area contributed by atoms with E-state index in [0.717, 1.165) is 25.7 Å². The summed E-state index contributed by atoms with van der Waals surface area (Å²) in [5.41, 5.74) is 5.92. The molecule has 0 radical (unpaired) electrons. The second-order valence-electron chi connectivity index (χ2n) is 3.79. The number of hydrogen-bond donors (Lipinski definition) is 1. The van der Waals surface area contributed by atoms with Crippen LogP contribution in [0.3, 0.4) is 0 Å². The van der Waals surface area contributed by atoms with E-state index in [1.807, 2.05) is 0 Å². The molecular weight excluding hydrogens is 166 g/mol. The van der Waals surface area contributed by atoms with Gasteiger partial charge in [-0.3, -0.25) is 4.79 Å². The molecule has 0 spiro atoms. The standard InChI is InChI=1S/C10H19NO2/c1-13-10(12)8-6-4-2-3-5-7-9(8)11/h8-9H,2-7,11H2,1H3/t8-,9+/m0/s1. The first-order valence-electron chi connectivity index (χ1n) is 5.09. The van der Waals surface area contributed by atoms with E-state index in [-0.39, 0.29) is 17.9 Å². The third-order valence-electron chi connectivity index (χ3n) is 2.82. The van der Waals surface area contributed by atoms with E-state index in [2.05, 4.69) is 0 Å². The normalized spacial score (nSPS) is 30.3. The van der Waals surface area contributed by atoms with Crippen LogP contribution in [0.25, 0.3) is 0 Å². The molecule has 0 saturated heterocycles. The summed E-state index contributed by atoms with van der Waals surface area (Å²) in [6, 6.07) is 0.00718. The molecule has 0 bridgehead atoms. The summed E-state index contributed by atoms with van der Waals surface area (Å²) in [6.07, 6.45) is 6.58. The van der Waals surface area contributed by atoms with E-state index >= 15 is 0 Å². The highest BCUT2D eigenvalue weighted by atomic mass is 16.5. The summed E-state index contributed by atoms with van der Waals surface area (Å²) in [4.78, 5) is 11.3. The molecule has 1 aliphatic carbocycles. The molecule has 0 amide bonds. The van der Waals surface area contributed by atoms with Crippen molar-refractivity contribution in [1.29, 1.82) is 0 Å². The van der Waals surface area contributed by atoms with Crippen molar-refractivity contribution < 1.29 is 9.53 Å². The maximum atomic E-state index is 11.3. The number of carbonyl (C=O) groups is 1. The highest BCUT2D eigenvalue weighted by Crippen LogP contribution is 2.22. The molecule has 0 aliphatic heterocycles. The summed E-state index contributed by atoms with van der Waals surface area (Å²) in [7, 11) is 1.44. The van der Waals surface area contributed by atoms with E-state index in [1.54, 1.807) is 0 Å². The molecule has 1 fully saturated rings. The zero-order valence-corrected chi connectivity index (χ0v) is 8.29. The van der Waals surface area contributed by atoms with Crippen LogP contribution in [0.2, 0.25) is 0 Å². The van der Waals surface area contributed by atoms with Crippen LogP contribution < -0.4 is 5.73 Å². The topological polar surface area (TPSA) is 52.3 Å². The maximum Gasteiger partial charge on any atom is 0.310 e. The van der Waals surface area contributed by atoms with Crippen molar-refractivity contribution in [3.8, 4) is 0 Å². The van der Waals surface area contributed by atoms with Crippen molar-refractivity contribution in [1.82, 2.24) is 0 Å². The van der Waals surface area contributed by atoms with Gasteiger partial charge >= 0.3 is 5.97 Å². The molecule has 3 heteroatoms. The van der Waals surface area contributed by atoms with Gasteiger partial charge in [-0.15, -0.1) is 0 Å². The van der Waals surface area contributed by atoms with Crippen molar-refractivity contribution in [2.75, 3.05) is 7.11 Å². The first-order chi connectivity index (χ1) is 6.25. The van der Waals surface area contributed by atoms with Gasteiger partial charge in [0.1, 0.15) is 0 Å². The summed E-state index contributed by atoms with van der Waals surface area (Å²) in [6.45, 7) is 0. The molecular formula is C10H19NO2. The third kappa shape index (κ3) is 2.99. The van der Waals surface area contributed by atoms with E-state index in [9.17, 15) is 4.79 Å². The zero-order chi connectivity index (χ0) is 9.68. The van der Waals surface area contributed by atoms with Gasteiger partial charge in [-0.2, -0.15) is 0 Å². The minimum atomic E-state index is -0.130. The van der Waals surface area contributed by atoms with Crippen LogP contribution >= 0.6 is 0 Å². The summed E-state index contributed by atoms with van der Waals surface area (Å²) >= 11 is 0. The number of rotatable bonds is 1. The maximum absolute atomic E-state index is 11.3. The summed E-state index contributed by atoms with van der Waals surface area (Å²) in [5, 5.41) is 0. The van der Waals surface area contributed by atoms with Crippen LogP contribution in [-0.2, 0) is 9.53 Å². The largest absolute Gasteiger partial charge is 0.469 e. The fourth-order valence-electron chi connectivity index (χ4n) is 1.96. The molecule has 0 aromatic carbocycles. The Labute approximate surface area is 79.6 Å². The number of methoxy groups -OCH3 is 1. The lowest BCUT2D eigenvalue weighted by atomic mass is 9.87. The number of esters is 1. The fraction of sp³-hybridized carbons (Fsp3) is 0.900. The van der Waals surface area contributed by atoms with Crippen molar-refractivity contribution in [3.63, 3.8) is 0 Å². The molecule has 2 N–H and O–H groups in total. The molecule has 0 heterocycles. The third-order valence-corrected chi connectivity index (χ3v) is 2.82. The van der Waals surface area contributed by atoms with Gasteiger partial charge in [0.15, 0.2) is 0 Å². The van der Waals surface area contributed by atoms with Gasteiger partial charge in [0.25, 0.3) is 0 Å². The average Bonchev–Trinajstić information content (AvgIpc) is 2.11. The molecule has 1 saturated carbocycles. The fourth-order valence-corrected chi connectivity index (χ4v) is 1.96. The molecule has 3 nitrogen and oxygen atoms in total. The van der Waals surface area contributed by atoms with E-state index in [4.69, 9.17) is 10.5 Å².